The molecule has 1 atom stereocenters. The van der Waals surface area contributed by atoms with Crippen LogP contribution in [0.1, 0.15) is 6.92 Å². The van der Waals surface area contributed by atoms with Crippen LogP contribution in [0.5, 0.6) is 5.75 Å². The van der Waals surface area contributed by atoms with Crippen molar-refractivity contribution in [3.8, 4) is 5.75 Å². The number of hydrogen-bond donors (Lipinski definition) is 0. The van der Waals surface area contributed by atoms with Crippen LogP contribution in [-0.2, 0) is 10.0 Å². The minimum Gasteiger partial charge on any atom is -0.497 e. The second kappa shape index (κ2) is 7.68. The van der Waals surface area contributed by atoms with Crippen LogP contribution in [0.4, 0.5) is 0 Å². The number of hydrogen-bond acceptors (Lipinski definition) is 4. The lowest BCUT2D eigenvalue weighted by Gasteiger charge is -2.25. The molecule has 0 aliphatic heterocycles. The van der Waals surface area contributed by atoms with Crippen LogP contribution in [-0.4, -0.2) is 25.3 Å². The molecule has 0 heterocycles. The van der Waals surface area contributed by atoms with Crippen molar-refractivity contribution in [3.63, 3.8) is 0 Å². The summed E-state index contributed by atoms with van der Waals surface area (Å²) in [4.78, 5) is 1.06. The molecule has 1 unspecified atom stereocenters. The molecule has 0 saturated heterocycles. The highest BCUT2D eigenvalue weighted by molar-refractivity contribution is 8.08. The molecule has 0 fully saturated rings. The highest BCUT2D eigenvalue weighted by Crippen LogP contribution is 2.32. The normalized spacial score (nSPS) is 12.8. The number of nitrogens with zero attached hydrogens (tertiary/aromatic N) is 1. The molecule has 0 bridgehead atoms. The summed E-state index contributed by atoms with van der Waals surface area (Å²) in [6.45, 7) is 5.51. The van der Waals surface area contributed by atoms with Gasteiger partial charge in [0.25, 0.3) is 10.0 Å². The van der Waals surface area contributed by atoms with Crippen LogP contribution in [0.25, 0.3) is 0 Å². The summed E-state index contributed by atoms with van der Waals surface area (Å²) in [7, 11) is -2.12. The average molecular weight is 349 g/mol. The minimum absolute atomic E-state index is 0.218. The average Bonchev–Trinajstić information content (AvgIpc) is 2.59. The maximum Gasteiger partial charge on any atom is 0.253 e. The molecular weight excluding hydrogens is 330 g/mol. The zero-order valence-electron chi connectivity index (χ0n) is 13.0. The fourth-order valence-corrected chi connectivity index (χ4v) is 4.73. The van der Waals surface area contributed by atoms with Gasteiger partial charge in [0.15, 0.2) is 0 Å². The van der Waals surface area contributed by atoms with E-state index in [9.17, 15) is 8.42 Å². The van der Waals surface area contributed by atoms with E-state index < -0.39 is 10.0 Å². The summed E-state index contributed by atoms with van der Waals surface area (Å²) >= 11 is 1.18. The van der Waals surface area contributed by atoms with Crippen LogP contribution in [0.15, 0.2) is 77.0 Å². The molecule has 0 N–H and O–H groups in total. The quantitative estimate of drug-likeness (QED) is 0.560. The first-order valence-corrected chi connectivity index (χ1v) is 9.24. The fraction of sp³-hybridized carbons (Fsp3) is 0.176. The van der Waals surface area contributed by atoms with Gasteiger partial charge < -0.3 is 4.74 Å². The fourth-order valence-electron chi connectivity index (χ4n) is 1.87. The summed E-state index contributed by atoms with van der Waals surface area (Å²) in [5.74, 6) is 0.614. The van der Waals surface area contributed by atoms with Crippen molar-refractivity contribution in [2.75, 3.05) is 7.11 Å². The summed E-state index contributed by atoms with van der Waals surface area (Å²) in [5.41, 5.74) is 0. The van der Waals surface area contributed by atoms with Gasteiger partial charge in [0, 0.05) is 4.90 Å². The van der Waals surface area contributed by atoms with E-state index in [0.717, 1.165) is 4.90 Å². The lowest BCUT2D eigenvalue weighted by atomic mass is 10.3. The Labute approximate surface area is 142 Å². The van der Waals surface area contributed by atoms with E-state index in [1.807, 2.05) is 30.3 Å². The maximum atomic E-state index is 13.0. The Morgan fingerprint density at radius 1 is 1.13 bits per heavy atom. The molecule has 0 aliphatic carbocycles. The third-order valence-corrected chi connectivity index (χ3v) is 6.69. The first-order valence-electron chi connectivity index (χ1n) is 7.03. The summed E-state index contributed by atoms with van der Waals surface area (Å²) in [5, 5.41) is 0. The number of rotatable bonds is 7. The lowest BCUT2D eigenvalue weighted by Crippen LogP contribution is -2.31. The molecule has 2 aromatic carbocycles. The largest absolute Gasteiger partial charge is 0.497 e. The van der Waals surface area contributed by atoms with Crippen molar-refractivity contribution in [2.24, 2.45) is 0 Å². The highest BCUT2D eigenvalue weighted by Gasteiger charge is 2.29. The molecule has 0 spiro atoms. The SMILES string of the molecule is C=CC(C)N(Sc1ccccc1)S(=O)(=O)c1ccc(OC)cc1. The van der Waals surface area contributed by atoms with Gasteiger partial charge in [-0.2, -0.15) is 0 Å². The third-order valence-electron chi connectivity index (χ3n) is 3.21. The van der Waals surface area contributed by atoms with Gasteiger partial charge in [-0.3, -0.25) is 0 Å². The van der Waals surface area contributed by atoms with Gasteiger partial charge in [0.05, 0.1) is 18.0 Å². The van der Waals surface area contributed by atoms with Crippen molar-refractivity contribution in [1.29, 1.82) is 0 Å². The van der Waals surface area contributed by atoms with E-state index in [2.05, 4.69) is 6.58 Å². The van der Waals surface area contributed by atoms with E-state index >= 15 is 0 Å². The van der Waals surface area contributed by atoms with Crippen LogP contribution in [0.3, 0.4) is 0 Å². The predicted octanol–water partition coefficient (Wildman–Crippen LogP) is 3.97. The maximum absolute atomic E-state index is 13.0. The molecule has 0 aromatic heterocycles. The third kappa shape index (κ3) is 4.16. The van der Waals surface area contributed by atoms with Crippen molar-refractivity contribution >= 4 is 22.0 Å². The molecule has 23 heavy (non-hydrogen) atoms. The first kappa shape index (κ1) is 17.6. The predicted molar refractivity (Wildman–Crippen MR) is 94.0 cm³/mol. The first-order chi connectivity index (χ1) is 11.0. The molecule has 4 nitrogen and oxygen atoms in total. The standard InChI is InChI=1S/C17H19NO3S2/c1-4-14(2)18(22-16-8-6-5-7-9-16)23(19,20)17-12-10-15(21-3)11-13-17/h4-14H,1H2,2-3H3. The smallest absolute Gasteiger partial charge is 0.253 e. The molecular formula is C17H19NO3S2. The highest BCUT2D eigenvalue weighted by atomic mass is 32.3. The van der Waals surface area contributed by atoms with Gasteiger partial charge in [-0.15, -0.1) is 10.3 Å². The minimum atomic E-state index is -3.67. The lowest BCUT2D eigenvalue weighted by molar-refractivity contribution is 0.414. The molecule has 2 aromatic rings. The Morgan fingerprint density at radius 2 is 1.74 bits per heavy atom. The Hall–Kier alpha value is -1.76. The molecule has 0 saturated carbocycles. The van der Waals surface area contributed by atoms with E-state index in [1.165, 1.54) is 15.7 Å². The van der Waals surface area contributed by atoms with E-state index in [4.69, 9.17) is 4.74 Å². The van der Waals surface area contributed by atoms with E-state index in [-0.39, 0.29) is 10.9 Å². The van der Waals surface area contributed by atoms with Crippen molar-refractivity contribution in [1.82, 2.24) is 3.71 Å². The van der Waals surface area contributed by atoms with E-state index in [0.29, 0.717) is 5.75 Å². The molecule has 0 amide bonds. The Morgan fingerprint density at radius 3 is 2.26 bits per heavy atom. The van der Waals surface area contributed by atoms with Gasteiger partial charge in [0.2, 0.25) is 0 Å². The second-order valence-corrected chi connectivity index (χ2v) is 7.91. The van der Waals surface area contributed by atoms with Gasteiger partial charge >= 0.3 is 0 Å². The summed E-state index contributed by atoms with van der Waals surface area (Å²) < 4.78 is 32.3. The molecule has 122 valence electrons. The summed E-state index contributed by atoms with van der Waals surface area (Å²) in [6.07, 6.45) is 1.61. The molecule has 2 rings (SSSR count). The van der Waals surface area contributed by atoms with Crippen molar-refractivity contribution in [3.05, 3.63) is 67.3 Å². The monoisotopic (exact) mass is 349 g/mol. The van der Waals surface area contributed by atoms with Crippen LogP contribution in [0.2, 0.25) is 0 Å². The summed E-state index contributed by atoms with van der Waals surface area (Å²) in [6, 6.07) is 15.4. The molecule has 6 heteroatoms. The van der Waals surface area contributed by atoms with Crippen molar-refractivity contribution in [2.45, 2.75) is 22.8 Å². The van der Waals surface area contributed by atoms with Crippen LogP contribution < -0.4 is 4.74 Å². The number of methoxy groups -OCH3 is 1. The van der Waals surface area contributed by atoms with Gasteiger partial charge in [-0.05, 0) is 55.3 Å². The second-order valence-electron chi connectivity index (χ2n) is 4.82. The zero-order chi connectivity index (χ0) is 16.9. The Balaban J connectivity index is 2.38. The number of sulfonamides is 1. The van der Waals surface area contributed by atoms with Gasteiger partial charge in [-0.1, -0.05) is 24.3 Å². The Bertz CT molecular complexity index is 743. The van der Waals surface area contributed by atoms with Crippen LogP contribution >= 0.6 is 11.9 Å². The van der Waals surface area contributed by atoms with Crippen LogP contribution in [0, 0.1) is 0 Å². The topological polar surface area (TPSA) is 46.6 Å². The zero-order valence-corrected chi connectivity index (χ0v) is 14.7. The van der Waals surface area contributed by atoms with Gasteiger partial charge in [-0.25, -0.2) is 8.42 Å². The number of benzene rings is 2. The molecule has 0 aliphatic rings. The number of ether oxygens (including phenoxy) is 1. The van der Waals surface area contributed by atoms with Crippen molar-refractivity contribution < 1.29 is 13.2 Å². The van der Waals surface area contributed by atoms with E-state index in [1.54, 1.807) is 44.4 Å². The Kier molecular flexibility index (Phi) is 5.87. The van der Waals surface area contributed by atoms with Gasteiger partial charge in [0.1, 0.15) is 5.75 Å². The molecule has 0 radical (unpaired) electrons.